The second-order valence-corrected chi connectivity index (χ2v) is 4.01. The van der Waals surface area contributed by atoms with Gasteiger partial charge in [0.05, 0.1) is 5.69 Å². The van der Waals surface area contributed by atoms with Gasteiger partial charge in [-0.25, -0.2) is 0 Å². The van der Waals surface area contributed by atoms with E-state index < -0.39 is 0 Å². The Morgan fingerprint density at radius 2 is 2.42 bits per heavy atom. The van der Waals surface area contributed by atoms with Crippen molar-refractivity contribution < 1.29 is 0 Å². The van der Waals surface area contributed by atoms with Gasteiger partial charge in [0, 0.05) is 36.2 Å². The van der Waals surface area contributed by atoms with Gasteiger partial charge in [0.15, 0.2) is 0 Å². The average molecular weight is 183 g/mol. The third-order valence-electron chi connectivity index (χ3n) is 2.22. The molecule has 1 aliphatic heterocycles. The summed E-state index contributed by atoms with van der Waals surface area (Å²) in [4.78, 5) is 0. The summed E-state index contributed by atoms with van der Waals surface area (Å²) in [7, 11) is 2.01. The summed E-state index contributed by atoms with van der Waals surface area (Å²) < 4.78 is 1.98. The first-order chi connectivity index (χ1) is 5.83. The summed E-state index contributed by atoms with van der Waals surface area (Å²) in [5.41, 5.74) is 9.57. The SMILES string of the molecule is Cn1nc2c(c1CCN)CSC2. The topological polar surface area (TPSA) is 43.8 Å². The van der Waals surface area contributed by atoms with Gasteiger partial charge in [-0.1, -0.05) is 0 Å². The number of thioether (sulfide) groups is 1. The zero-order chi connectivity index (χ0) is 8.55. The summed E-state index contributed by atoms with van der Waals surface area (Å²) in [6.45, 7) is 0.719. The zero-order valence-corrected chi connectivity index (χ0v) is 8.02. The molecule has 0 spiro atoms. The summed E-state index contributed by atoms with van der Waals surface area (Å²) in [5.74, 6) is 2.20. The molecule has 12 heavy (non-hydrogen) atoms. The van der Waals surface area contributed by atoms with Crippen molar-refractivity contribution in [3.63, 3.8) is 0 Å². The lowest BCUT2D eigenvalue weighted by molar-refractivity contribution is 0.697. The molecule has 4 heteroatoms. The molecule has 0 bridgehead atoms. The Labute approximate surface area is 76.3 Å². The fourth-order valence-electron chi connectivity index (χ4n) is 1.65. The predicted octanol–water partition coefficient (Wildman–Crippen LogP) is 0.668. The van der Waals surface area contributed by atoms with Crippen LogP contribution in [0.15, 0.2) is 0 Å². The molecule has 0 unspecified atom stereocenters. The van der Waals surface area contributed by atoms with E-state index in [0.29, 0.717) is 0 Å². The molecule has 0 fully saturated rings. The van der Waals surface area contributed by atoms with Gasteiger partial charge >= 0.3 is 0 Å². The quantitative estimate of drug-likeness (QED) is 0.733. The van der Waals surface area contributed by atoms with Crippen molar-refractivity contribution in [2.24, 2.45) is 12.8 Å². The fourth-order valence-corrected chi connectivity index (χ4v) is 2.71. The van der Waals surface area contributed by atoms with Crippen LogP contribution < -0.4 is 5.73 Å². The molecular formula is C8H13N3S. The maximum atomic E-state index is 5.53. The minimum absolute atomic E-state index is 0.719. The molecule has 2 N–H and O–H groups in total. The molecule has 0 radical (unpaired) electrons. The Kier molecular flexibility index (Phi) is 2.11. The van der Waals surface area contributed by atoms with E-state index in [-0.39, 0.29) is 0 Å². The maximum Gasteiger partial charge on any atom is 0.0766 e. The zero-order valence-electron chi connectivity index (χ0n) is 7.21. The van der Waals surface area contributed by atoms with Gasteiger partial charge in [0.2, 0.25) is 0 Å². The number of fused-ring (bicyclic) bond motifs is 1. The maximum absolute atomic E-state index is 5.53. The van der Waals surface area contributed by atoms with Crippen molar-refractivity contribution in [2.45, 2.75) is 17.9 Å². The highest BCUT2D eigenvalue weighted by molar-refractivity contribution is 7.98. The lowest BCUT2D eigenvalue weighted by Crippen LogP contribution is -2.08. The third kappa shape index (κ3) is 1.15. The van der Waals surface area contributed by atoms with Crippen molar-refractivity contribution in [3.8, 4) is 0 Å². The van der Waals surface area contributed by atoms with E-state index >= 15 is 0 Å². The van der Waals surface area contributed by atoms with Crippen LogP contribution in [-0.2, 0) is 25.0 Å². The van der Waals surface area contributed by atoms with E-state index in [1.807, 2.05) is 23.5 Å². The van der Waals surface area contributed by atoms with Crippen LogP contribution in [0.1, 0.15) is 17.0 Å². The van der Waals surface area contributed by atoms with Crippen LogP contribution in [0.2, 0.25) is 0 Å². The predicted molar refractivity (Wildman–Crippen MR) is 51.0 cm³/mol. The Hall–Kier alpha value is -0.480. The molecule has 1 aromatic rings. The molecule has 2 rings (SSSR count). The van der Waals surface area contributed by atoms with Gasteiger partial charge in [-0.15, -0.1) is 0 Å². The largest absolute Gasteiger partial charge is 0.330 e. The number of aromatic nitrogens is 2. The van der Waals surface area contributed by atoms with E-state index in [0.717, 1.165) is 24.5 Å². The van der Waals surface area contributed by atoms with Crippen molar-refractivity contribution in [1.82, 2.24) is 9.78 Å². The first kappa shape index (κ1) is 8.13. The van der Waals surface area contributed by atoms with Crippen LogP contribution in [0, 0.1) is 0 Å². The number of nitrogens with zero attached hydrogens (tertiary/aromatic N) is 2. The molecule has 0 amide bonds. The molecule has 0 atom stereocenters. The third-order valence-corrected chi connectivity index (χ3v) is 3.19. The summed E-state index contributed by atoms with van der Waals surface area (Å²) in [5, 5.41) is 4.45. The lowest BCUT2D eigenvalue weighted by atomic mass is 10.2. The summed E-state index contributed by atoms with van der Waals surface area (Å²) in [6.07, 6.45) is 0.958. The van der Waals surface area contributed by atoms with E-state index in [1.165, 1.54) is 17.0 Å². The fraction of sp³-hybridized carbons (Fsp3) is 0.625. The van der Waals surface area contributed by atoms with Crippen molar-refractivity contribution >= 4 is 11.8 Å². The molecule has 1 aromatic heterocycles. The molecule has 2 heterocycles. The number of hydrogen-bond acceptors (Lipinski definition) is 3. The number of aryl methyl sites for hydroxylation is 1. The Morgan fingerprint density at radius 1 is 1.58 bits per heavy atom. The highest BCUT2D eigenvalue weighted by Gasteiger charge is 2.20. The van der Waals surface area contributed by atoms with Crippen LogP contribution >= 0.6 is 11.8 Å². The molecule has 0 saturated heterocycles. The van der Waals surface area contributed by atoms with Crippen molar-refractivity contribution in [1.29, 1.82) is 0 Å². The van der Waals surface area contributed by atoms with Crippen LogP contribution in [0.4, 0.5) is 0 Å². The normalized spacial score (nSPS) is 15.2. The first-order valence-electron chi connectivity index (χ1n) is 4.14. The van der Waals surface area contributed by atoms with Gasteiger partial charge in [-0.2, -0.15) is 16.9 Å². The van der Waals surface area contributed by atoms with Gasteiger partial charge in [-0.05, 0) is 6.54 Å². The van der Waals surface area contributed by atoms with Crippen LogP contribution in [0.5, 0.6) is 0 Å². The van der Waals surface area contributed by atoms with Gasteiger partial charge in [0.1, 0.15) is 0 Å². The molecule has 0 aromatic carbocycles. The average Bonchev–Trinajstić information content (AvgIpc) is 2.56. The van der Waals surface area contributed by atoms with E-state index in [2.05, 4.69) is 5.10 Å². The first-order valence-corrected chi connectivity index (χ1v) is 5.30. The monoisotopic (exact) mass is 183 g/mol. The highest BCUT2D eigenvalue weighted by atomic mass is 32.2. The molecule has 3 nitrogen and oxygen atoms in total. The van der Waals surface area contributed by atoms with E-state index in [1.54, 1.807) is 0 Å². The van der Waals surface area contributed by atoms with Gasteiger partial charge in [0.25, 0.3) is 0 Å². The smallest absolute Gasteiger partial charge is 0.0766 e. The van der Waals surface area contributed by atoms with Gasteiger partial charge in [-0.3, -0.25) is 4.68 Å². The van der Waals surface area contributed by atoms with E-state index in [4.69, 9.17) is 5.73 Å². The second-order valence-electron chi connectivity index (χ2n) is 3.03. The minimum Gasteiger partial charge on any atom is -0.330 e. The Morgan fingerprint density at radius 3 is 3.17 bits per heavy atom. The van der Waals surface area contributed by atoms with Crippen LogP contribution in [0.3, 0.4) is 0 Å². The van der Waals surface area contributed by atoms with Crippen LogP contribution in [0.25, 0.3) is 0 Å². The van der Waals surface area contributed by atoms with Crippen molar-refractivity contribution in [2.75, 3.05) is 6.54 Å². The minimum atomic E-state index is 0.719. The number of rotatable bonds is 2. The molecule has 0 saturated carbocycles. The van der Waals surface area contributed by atoms with Gasteiger partial charge < -0.3 is 5.73 Å². The summed E-state index contributed by atoms with van der Waals surface area (Å²) in [6, 6.07) is 0. The number of hydrogen-bond donors (Lipinski definition) is 1. The lowest BCUT2D eigenvalue weighted by Gasteiger charge is -2.01. The van der Waals surface area contributed by atoms with Crippen LogP contribution in [-0.4, -0.2) is 16.3 Å². The molecule has 0 aliphatic carbocycles. The molecular weight excluding hydrogens is 170 g/mol. The second kappa shape index (κ2) is 3.11. The molecule has 1 aliphatic rings. The summed E-state index contributed by atoms with van der Waals surface area (Å²) >= 11 is 1.94. The standard InChI is InChI=1S/C8H13N3S/c1-11-8(2-3-9)6-4-12-5-7(6)10-11/h2-5,9H2,1H3. The van der Waals surface area contributed by atoms with Crippen molar-refractivity contribution in [3.05, 3.63) is 17.0 Å². The highest BCUT2D eigenvalue weighted by Crippen LogP contribution is 2.31. The number of nitrogens with two attached hydrogens (primary N) is 1. The van der Waals surface area contributed by atoms with E-state index in [9.17, 15) is 0 Å². The molecule has 66 valence electrons. The Bertz CT molecular complexity index is 293. The Balaban J connectivity index is 2.38.